The van der Waals surface area contributed by atoms with Gasteiger partial charge in [0.25, 0.3) is 0 Å². The Kier molecular flexibility index (Phi) is 5.58. The van der Waals surface area contributed by atoms with Crippen LogP contribution in [0.3, 0.4) is 0 Å². The number of piperidine rings is 1. The summed E-state index contributed by atoms with van der Waals surface area (Å²) in [6, 6.07) is -0.408. The predicted octanol–water partition coefficient (Wildman–Crippen LogP) is 1.93. The van der Waals surface area contributed by atoms with Crippen LogP contribution in [0.15, 0.2) is 0 Å². The molecule has 146 valence electrons. The standard InChI is InChI=1S/C20H33N3O3/c1-4-10-23-18(25)16(13-14(2)3)21-19(26)20(23)8-11-22(12-9-20)17(24)15-6-5-7-15/h14-16H,4-13H2,1-3H3,(H,21,26). The Morgan fingerprint density at radius 2 is 1.88 bits per heavy atom. The second-order valence-electron chi connectivity index (χ2n) is 8.63. The first kappa shape index (κ1) is 19.2. The van der Waals surface area contributed by atoms with Crippen LogP contribution in [-0.4, -0.2) is 58.7 Å². The van der Waals surface area contributed by atoms with Crippen molar-refractivity contribution in [1.29, 1.82) is 0 Å². The minimum atomic E-state index is -0.767. The van der Waals surface area contributed by atoms with E-state index in [9.17, 15) is 14.4 Å². The maximum Gasteiger partial charge on any atom is 0.246 e. The SMILES string of the molecule is CCCN1C(=O)C(CC(C)C)NC(=O)C12CCN(C(=O)C1CCC1)CC2. The number of hydrogen-bond acceptors (Lipinski definition) is 3. The molecule has 3 fully saturated rings. The van der Waals surface area contributed by atoms with Crippen molar-refractivity contribution in [3.05, 3.63) is 0 Å². The molecule has 2 heterocycles. The van der Waals surface area contributed by atoms with E-state index in [1.54, 1.807) is 0 Å². The molecule has 2 saturated heterocycles. The third-order valence-electron chi connectivity index (χ3n) is 6.32. The molecule has 3 rings (SSSR count). The summed E-state index contributed by atoms with van der Waals surface area (Å²) in [4.78, 5) is 42.4. The lowest BCUT2D eigenvalue weighted by Crippen LogP contribution is -2.73. The van der Waals surface area contributed by atoms with Crippen LogP contribution in [0.4, 0.5) is 0 Å². The normalized spacial score (nSPS) is 26.2. The zero-order valence-electron chi connectivity index (χ0n) is 16.4. The van der Waals surface area contributed by atoms with E-state index in [4.69, 9.17) is 0 Å². The molecule has 0 radical (unpaired) electrons. The number of likely N-dealkylation sites (tertiary alicyclic amines) is 1. The van der Waals surface area contributed by atoms with Crippen LogP contribution >= 0.6 is 0 Å². The lowest BCUT2D eigenvalue weighted by atomic mass is 9.79. The van der Waals surface area contributed by atoms with Gasteiger partial charge in [0, 0.05) is 25.6 Å². The van der Waals surface area contributed by atoms with Crippen LogP contribution in [0, 0.1) is 11.8 Å². The summed E-state index contributed by atoms with van der Waals surface area (Å²) in [7, 11) is 0. The Hall–Kier alpha value is -1.59. The summed E-state index contributed by atoms with van der Waals surface area (Å²) < 4.78 is 0. The Labute approximate surface area is 156 Å². The molecule has 1 saturated carbocycles. The van der Waals surface area contributed by atoms with E-state index in [1.165, 1.54) is 0 Å². The van der Waals surface area contributed by atoms with Crippen molar-refractivity contribution < 1.29 is 14.4 Å². The summed E-state index contributed by atoms with van der Waals surface area (Å²) in [6.07, 6.45) is 5.76. The maximum absolute atomic E-state index is 13.1. The summed E-state index contributed by atoms with van der Waals surface area (Å²) in [5, 5.41) is 3.00. The van der Waals surface area contributed by atoms with Crippen molar-refractivity contribution in [2.24, 2.45) is 11.8 Å². The number of amides is 3. The molecule has 1 atom stereocenters. The molecular formula is C20H33N3O3. The van der Waals surface area contributed by atoms with Crippen LogP contribution in [0.5, 0.6) is 0 Å². The Bertz CT molecular complexity index is 563. The molecule has 3 aliphatic rings. The molecule has 1 N–H and O–H groups in total. The van der Waals surface area contributed by atoms with Gasteiger partial charge < -0.3 is 15.1 Å². The van der Waals surface area contributed by atoms with E-state index in [0.29, 0.717) is 44.8 Å². The fourth-order valence-corrected chi connectivity index (χ4v) is 4.56. The van der Waals surface area contributed by atoms with Crippen molar-refractivity contribution in [2.45, 2.75) is 77.3 Å². The Balaban J connectivity index is 1.73. The number of nitrogens with zero attached hydrogens (tertiary/aromatic N) is 2. The molecule has 0 aromatic carbocycles. The molecule has 1 spiro atoms. The van der Waals surface area contributed by atoms with Gasteiger partial charge >= 0.3 is 0 Å². The van der Waals surface area contributed by atoms with Gasteiger partial charge in [0.15, 0.2) is 0 Å². The number of carbonyl (C=O) groups is 3. The van der Waals surface area contributed by atoms with Gasteiger partial charge in [-0.15, -0.1) is 0 Å². The van der Waals surface area contributed by atoms with Gasteiger partial charge in [0.1, 0.15) is 11.6 Å². The third kappa shape index (κ3) is 3.35. The first-order chi connectivity index (χ1) is 12.4. The molecule has 2 aliphatic heterocycles. The molecular weight excluding hydrogens is 330 g/mol. The monoisotopic (exact) mass is 363 g/mol. The van der Waals surface area contributed by atoms with E-state index < -0.39 is 11.6 Å². The van der Waals surface area contributed by atoms with Crippen LogP contribution in [0.25, 0.3) is 0 Å². The minimum absolute atomic E-state index is 0.0213. The molecule has 6 nitrogen and oxygen atoms in total. The molecule has 0 bridgehead atoms. The van der Waals surface area contributed by atoms with E-state index >= 15 is 0 Å². The molecule has 0 aromatic heterocycles. The van der Waals surface area contributed by atoms with Gasteiger partial charge in [-0.05, 0) is 44.4 Å². The summed E-state index contributed by atoms with van der Waals surface area (Å²) in [5.41, 5.74) is -0.767. The lowest BCUT2D eigenvalue weighted by Gasteiger charge is -2.52. The summed E-state index contributed by atoms with van der Waals surface area (Å²) >= 11 is 0. The zero-order valence-corrected chi connectivity index (χ0v) is 16.4. The maximum atomic E-state index is 13.1. The number of rotatable bonds is 5. The van der Waals surface area contributed by atoms with E-state index in [1.807, 2.05) is 16.7 Å². The summed E-state index contributed by atoms with van der Waals surface area (Å²) in [6.45, 7) is 7.94. The van der Waals surface area contributed by atoms with Crippen LogP contribution < -0.4 is 5.32 Å². The van der Waals surface area contributed by atoms with Gasteiger partial charge in [0.2, 0.25) is 17.7 Å². The van der Waals surface area contributed by atoms with Crippen molar-refractivity contribution in [3.8, 4) is 0 Å². The number of hydrogen-bond donors (Lipinski definition) is 1. The van der Waals surface area contributed by atoms with E-state index in [0.717, 1.165) is 25.7 Å². The number of carbonyl (C=O) groups excluding carboxylic acids is 3. The van der Waals surface area contributed by atoms with Gasteiger partial charge in [-0.25, -0.2) is 0 Å². The van der Waals surface area contributed by atoms with Gasteiger partial charge in [0.05, 0.1) is 0 Å². The first-order valence-corrected chi connectivity index (χ1v) is 10.3. The van der Waals surface area contributed by atoms with Crippen molar-refractivity contribution in [3.63, 3.8) is 0 Å². The lowest BCUT2D eigenvalue weighted by molar-refractivity contribution is -0.163. The van der Waals surface area contributed by atoms with Crippen molar-refractivity contribution in [1.82, 2.24) is 15.1 Å². The van der Waals surface area contributed by atoms with Crippen LogP contribution in [0.2, 0.25) is 0 Å². The molecule has 1 unspecified atom stereocenters. The fraction of sp³-hybridized carbons (Fsp3) is 0.850. The highest BCUT2D eigenvalue weighted by atomic mass is 16.2. The zero-order chi connectivity index (χ0) is 18.9. The first-order valence-electron chi connectivity index (χ1n) is 10.3. The highest BCUT2D eigenvalue weighted by Crippen LogP contribution is 2.36. The Morgan fingerprint density at radius 3 is 2.38 bits per heavy atom. The second-order valence-corrected chi connectivity index (χ2v) is 8.63. The molecule has 6 heteroatoms. The quantitative estimate of drug-likeness (QED) is 0.811. The number of nitrogens with one attached hydrogen (secondary N) is 1. The molecule has 0 aromatic rings. The van der Waals surface area contributed by atoms with Gasteiger partial charge in [-0.3, -0.25) is 14.4 Å². The third-order valence-corrected chi connectivity index (χ3v) is 6.32. The average molecular weight is 364 g/mol. The van der Waals surface area contributed by atoms with Crippen molar-refractivity contribution in [2.75, 3.05) is 19.6 Å². The summed E-state index contributed by atoms with van der Waals surface area (Å²) in [5.74, 6) is 0.816. The highest BCUT2D eigenvalue weighted by Gasteiger charge is 2.53. The predicted molar refractivity (Wildman–Crippen MR) is 99.3 cm³/mol. The molecule has 1 aliphatic carbocycles. The fourth-order valence-electron chi connectivity index (χ4n) is 4.56. The average Bonchev–Trinajstić information content (AvgIpc) is 2.55. The minimum Gasteiger partial charge on any atom is -0.342 e. The highest BCUT2D eigenvalue weighted by molar-refractivity contribution is 6.00. The van der Waals surface area contributed by atoms with Gasteiger partial charge in [-0.2, -0.15) is 0 Å². The molecule has 26 heavy (non-hydrogen) atoms. The van der Waals surface area contributed by atoms with Crippen LogP contribution in [-0.2, 0) is 14.4 Å². The van der Waals surface area contributed by atoms with Crippen LogP contribution in [0.1, 0.15) is 65.7 Å². The topological polar surface area (TPSA) is 69.7 Å². The van der Waals surface area contributed by atoms with E-state index in [-0.39, 0.29) is 23.6 Å². The Morgan fingerprint density at radius 1 is 1.23 bits per heavy atom. The van der Waals surface area contributed by atoms with E-state index in [2.05, 4.69) is 19.2 Å². The second kappa shape index (κ2) is 7.57. The smallest absolute Gasteiger partial charge is 0.246 e. The van der Waals surface area contributed by atoms with Crippen molar-refractivity contribution >= 4 is 17.7 Å². The molecule has 3 amide bonds. The largest absolute Gasteiger partial charge is 0.342 e. The number of piperazine rings is 1. The van der Waals surface area contributed by atoms with Gasteiger partial charge in [-0.1, -0.05) is 27.2 Å².